The fraction of sp³-hybridized carbons (Fsp3) is 0.364. The quantitative estimate of drug-likeness (QED) is 0.675. The van der Waals surface area contributed by atoms with Gasteiger partial charge in [-0.15, -0.1) is 0 Å². The number of rotatable bonds is 1. The van der Waals surface area contributed by atoms with E-state index in [9.17, 15) is 4.79 Å². The normalized spacial score (nSPS) is 21.6. The van der Waals surface area contributed by atoms with E-state index in [1.165, 1.54) is 0 Å². The first-order chi connectivity index (χ1) is 7.78. The highest BCUT2D eigenvalue weighted by Crippen LogP contribution is 2.41. The van der Waals surface area contributed by atoms with Crippen molar-refractivity contribution in [3.8, 4) is 11.5 Å². The molecule has 0 saturated heterocycles. The van der Waals surface area contributed by atoms with Crippen molar-refractivity contribution in [2.75, 3.05) is 18.5 Å². The molecule has 16 heavy (non-hydrogen) atoms. The number of ether oxygens (including phenoxy) is 2. The van der Waals surface area contributed by atoms with Crippen LogP contribution in [0.3, 0.4) is 0 Å². The second kappa shape index (κ2) is 3.38. The molecule has 0 spiro atoms. The summed E-state index contributed by atoms with van der Waals surface area (Å²) in [6, 6.07) is 3.69. The molecule has 1 atom stereocenters. The minimum Gasteiger partial charge on any atom is -0.486 e. The van der Waals surface area contributed by atoms with Crippen LogP contribution in [0, 0.1) is 0 Å². The van der Waals surface area contributed by atoms with Gasteiger partial charge in [0.15, 0.2) is 17.6 Å². The van der Waals surface area contributed by atoms with E-state index < -0.39 is 0 Å². The number of fused-ring (bicyclic) bond motifs is 3. The van der Waals surface area contributed by atoms with Gasteiger partial charge < -0.3 is 20.5 Å². The first kappa shape index (κ1) is 9.47. The summed E-state index contributed by atoms with van der Waals surface area (Å²) in [4.78, 5) is 11.3. The summed E-state index contributed by atoms with van der Waals surface area (Å²) < 4.78 is 11.4. The number of carbonyl (C=O) groups is 1. The molecule has 5 heteroatoms. The Morgan fingerprint density at radius 2 is 2.38 bits per heavy atom. The Kier molecular flexibility index (Phi) is 2.00. The lowest BCUT2D eigenvalue weighted by Gasteiger charge is -2.25. The van der Waals surface area contributed by atoms with Crippen LogP contribution in [0.25, 0.3) is 0 Å². The molecule has 0 aliphatic carbocycles. The molecule has 4 N–H and O–H groups in total. The van der Waals surface area contributed by atoms with Gasteiger partial charge in [0.2, 0.25) is 5.91 Å². The van der Waals surface area contributed by atoms with Gasteiger partial charge in [-0.3, -0.25) is 4.79 Å². The van der Waals surface area contributed by atoms with Crippen molar-refractivity contribution >= 4 is 11.6 Å². The van der Waals surface area contributed by atoms with Crippen LogP contribution in [0.15, 0.2) is 12.1 Å². The molecule has 0 aromatic heterocycles. The maximum Gasteiger partial charge on any atom is 0.229 e. The third-order valence-corrected chi connectivity index (χ3v) is 2.87. The molecule has 0 unspecified atom stereocenters. The molecular weight excluding hydrogens is 208 g/mol. The third-order valence-electron chi connectivity index (χ3n) is 2.87. The van der Waals surface area contributed by atoms with Gasteiger partial charge in [0.25, 0.3) is 0 Å². The van der Waals surface area contributed by atoms with Crippen LogP contribution in [0.5, 0.6) is 11.5 Å². The van der Waals surface area contributed by atoms with E-state index in [-0.39, 0.29) is 12.0 Å². The zero-order valence-electron chi connectivity index (χ0n) is 8.79. The predicted molar refractivity (Wildman–Crippen MR) is 56.4 cm³/mol. The van der Waals surface area contributed by atoms with Gasteiger partial charge in [-0.1, -0.05) is 0 Å². The van der Waals surface area contributed by atoms with Crippen molar-refractivity contribution < 1.29 is 20.0 Å². The summed E-state index contributed by atoms with van der Waals surface area (Å²) in [7, 11) is 0. The average Bonchev–Trinajstić information content (AvgIpc) is 2.69. The smallest absolute Gasteiger partial charge is 0.229 e. The zero-order valence-corrected chi connectivity index (χ0v) is 8.79. The number of nitrogens with one attached hydrogen (secondary N) is 1. The van der Waals surface area contributed by atoms with Gasteiger partial charge in [-0.2, -0.15) is 0 Å². The van der Waals surface area contributed by atoms with Crippen LogP contribution in [0.1, 0.15) is 5.56 Å². The molecule has 0 saturated carbocycles. The van der Waals surface area contributed by atoms with Crippen molar-refractivity contribution in [2.24, 2.45) is 0 Å². The molecule has 1 aromatic rings. The number of hydrogen-bond acceptors (Lipinski definition) is 3. The number of hydrogen-bond donors (Lipinski definition) is 2. The first-order valence-electron chi connectivity index (χ1n) is 5.32. The predicted octanol–water partition coefficient (Wildman–Crippen LogP) is -0.437. The van der Waals surface area contributed by atoms with Crippen LogP contribution < -0.4 is 20.5 Å². The minimum absolute atomic E-state index is 0.00347. The summed E-state index contributed by atoms with van der Waals surface area (Å²) in [6.45, 7) is 1.18. The van der Waals surface area contributed by atoms with Crippen molar-refractivity contribution in [3.63, 3.8) is 0 Å². The minimum atomic E-state index is -0.0188. The van der Waals surface area contributed by atoms with Gasteiger partial charge in [0, 0.05) is 11.3 Å². The summed E-state index contributed by atoms with van der Waals surface area (Å²) >= 11 is 0. The molecule has 0 bridgehead atoms. The molecule has 5 nitrogen and oxygen atoms in total. The second-order valence-corrected chi connectivity index (χ2v) is 3.98. The molecule has 0 radical (unpaired) electrons. The fourth-order valence-corrected chi connectivity index (χ4v) is 2.02. The van der Waals surface area contributed by atoms with Crippen molar-refractivity contribution in [2.45, 2.75) is 12.5 Å². The Balaban J connectivity index is 2.04. The Morgan fingerprint density at radius 1 is 1.50 bits per heavy atom. The number of benzene rings is 1. The maximum atomic E-state index is 11.3. The average molecular weight is 221 g/mol. The summed E-state index contributed by atoms with van der Waals surface area (Å²) in [6.07, 6.45) is 0.348. The van der Waals surface area contributed by atoms with Crippen LogP contribution in [-0.2, 0) is 11.2 Å². The number of amides is 1. The Bertz CT molecular complexity index is 459. The van der Waals surface area contributed by atoms with Crippen LogP contribution >= 0.6 is 0 Å². The highest BCUT2D eigenvalue weighted by atomic mass is 16.6. The second-order valence-electron chi connectivity index (χ2n) is 3.98. The van der Waals surface area contributed by atoms with E-state index >= 15 is 0 Å². The molecule has 84 valence electrons. The first-order valence-corrected chi connectivity index (χ1v) is 5.32. The van der Waals surface area contributed by atoms with Crippen LogP contribution in [0.4, 0.5) is 5.69 Å². The van der Waals surface area contributed by atoms with E-state index in [0.717, 1.165) is 17.0 Å². The van der Waals surface area contributed by atoms with Gasteiger partial charge in [0.1, 0.15) is 13.2 Å². The summed E-state index contributed by atoms with van der Waals surface area (Å²) in [5, 5.41) is 2.79. The van der Waals surface area contributed by atoms with Crippen molar-refractivity contribution in [3.05, 3.63) is 17.7 Å². The Labute approximate surface area is 92.5 Å². The van der Waals surface area contributed by atoms with E-state index in [1.807, 2.05) is 12.1 Å². The highest BCUT2D eigenvalue weighted by molar-refractivity contribution is 6.00. The van der Waals surface area contributed by atoms with E-state index in [0.29, 0.717) is 25.3 Å². The van der Waals surface area contributed by atoms with Gasteiger partial charge in [-0.05, 0) is 12.1 Å². The Morgan fingerprint density at radius 3 is 3.19 bits per heavy atom. The van der Waals surface area contributed by atoms with Crippen LogP contribution in [0.2, 0.25) is 0 Å². The van der Waals surface area contributed by atoms with Crippen LogP contribution in [-0.4, -0.2) is 25.2 Å². The molecule has 2 aliphatic rings. The lowest BCUT2D eigenvalue weighted by atomic mass is 10.1. The Hall–Kier alpha value is -1.75. The van der Waals surface area contributed by atoms with Gasteiger partial charge in [-0.25, -0.2) is 0 Å². The third kappa shape index (κ3) is 1.32. The van der Waals surface area contributed by atoms with Crippen molar-refractivity contribution in [1.29, 1.82) is 0 Å². The molecular formula is C11H13N2O3+. The lowest BCUT2D eigenvalue weighted by Crippen LogP contribution is -2.59. The lowest BCUT2D eigenvalue weighted by molar-refractivity contribution is -0.383. The van der Waals surface area contributed by atoms with E-state index in [4.69, 9.17) is 9.47 Å². The fourth-order valence-electron chi connectivity index (χ4n) is 2.02. The van der Waals surface area contributed by atoms with Gasteiger partial charge in [0.05, 0.1) is 6.42 Å². The molecule has 1 amide bonds. The molecule has 1 aromatic carbocycles. The van der Waals surface area contributed by atoms with Gasteiger partial charge >= 0.3 is 0 Å². The van der Waals surface area contributed by atoms with E-state index in [2.05, 4.69) is 11.1 Å². The number of anilines is 1. The largest absolute Gasteiger partial charge is 0.486 e. The monoisotopic (exact) mass is 221 g/mol. The van der Waals surface area contributed by atoms with E-state index in [1.54, 1.807) is 0 Å². The molecule has 2 aliphatic heterocycles. The SMILES string of the molecule is [NH3+]C[C@H]1COc2ccc3c(c2O1)CC(=O)N3. The molecule has 2 heterocycles. The zero-order chi connectivity index (χ0) is 11.1. The number of quaternary nitrogens is 1. The number of carbonyl (C=O) groups excluding carboxylic acids is 1. The molecule has 3 rings (SSSR count). The standard InChI is InChI=1S/C11H12N2O3/c12-4-6-5-15-9-2-1-8-7(11(9)16-6)3-10(14)13-8/h1-2,6H,3-5,12H2,(H,13,14)/p+1/t6-/m0/s1. The summed E-state index contributed by atoms with van der Waals surface area (Å²) in [5.74, 6) is 1.43. The summed E-state index contributed by atoms with van der Waals surface area (Å²) in [5.41, 5.74) is 5.54. The molecule has 0 fully saturated rings. The highest BCUT2D eigenvalue weighted by Gasteiger charge is 2.29. The maximum absolute atomic E-state index is 11.3. The topological polar surface area (TPSA) is 75.2 Å². The van der Waals surface area contributed by atoms with Crippen molar-refractivity contribution in [1.82, 2.24) is 0 Å².